The van der Waals surface area contributed by atoms with Crippen LogP contribution in [0, 0.1) is 22.7 Å². The van der Waals surface area contributed by atoms with Crippen molar-refractivity contribution in [2.45, 2.75) is 48.2 Å². The molecule has 4 saturated carbocycles. The maximum absolute atomic E-state index is 12.1. The molecule has 124 valence electrons. The Morgan fingerprint density at radius 1 is 0.909 bits per heavy atom. The van der Waals surface area contributed by atoms with Crippen LogP contribution in [0.25, 0.3) is 0 Å². The van der Waals surface area contributed by atoms with Crippen LogP contribution in [0.15, 0.2) is 0 Å². The minimum absolute atomic E-state index is 0.0861. The van der Waals surface area contributed by atoms with Crippen LogP contribution >= 0.6 is 31.9 Å². The van der Waals surface area contributed by atoms with Crippen LogP contribution in [0.4, 0.5) is 0 Å². The summed E-state index contributed by atoms with van der Waals surface area (Å²) in [7, 11) is 2.88. The van der Waals surface area contributed by atoms with Crippen molar-refractivity contribution in [1.29, 1.82) is 0 Å². The number of rotatable bonds is 4. The Balaban J connectivity index is 1.93. The molecular weight excluding hydrogens is 416 g/mol. The highest BCUT2D eigenvalue weighted by Crippen LogP contribution is 2.69. The molecule has 4 bridgehead atoms. The molecule has 0 aliphatic heterocycles. The van der Waals surface area contributed by atoms with Crippen LogP contribution in [0.1, 0.15) is 38.5 Å². The number of esters is 2. The molecule has 0 saturated heterocycles. The van der Waals surface area contributed by atoms with Gasteiger partial charge in [-0.15, -0.1) is 0 Å². The van der Waals surface area contributed by atoms with Gasteiger partial charge in [0.2, 0.25) is 0 Å². The van der Waals surface area contributed by atoms with Gasteiger partial charge in [0.1, 0.15) is 9.65 Å². The van der Waals surface area contributed by atoms with Gasteiger partial charge in [0, 0.05) is 0 Å². The van der Waals surface area contributed by atoms with Crippen molar-refractivity contribution in [3.05, 3.63) is 0 Å². The summed E-state index contributed by atoms with van der Waals surface area (Å²) in [6, 6.07) is 0. The summed E-state index contributed by atoms with van der Waals surface area (Å²) < 4.78 is 9.95. The Hall–Kier alpha value is -0.100. The molecule has 22 heavy (non-hydrogen) atoms. The number of carbonyl (C=O) groups excluding carboxylic acids is 2. The molecule has 4 aliphatic carbocycles. The van der Waals surface area contributed by atoms with Gasteiger partial charge < -0.3 is 9.47 Å². The van der Waals surface area contributed by atoms with Crippen molar-refractivity contribution in [2.24, 2.45) is 22.7 Å². The molecule has 0 N–H and O–H groups in total. The molecule has 0 amide bonds. The van der Waals surface area contributed by atoms with Gasteiger partial charge in [-0.1, -0.05) is 31.9 Å². The van der Waals surface area contributed by atoms with E-state index in [0.29, 0.717) is 11.8 Å². The fraction of sp³-hybridized carbons (Fsp3) is 0.875. The largest absolute Gasteiger partial charge is 0.468 e. The van der Waals surface area contributed by atoms with Crippen molar-refractivity contribution in [2.75, 3.05) is 14.2 Å². The van der Waals surface area contributed by atoms with Gasteiger partial charge in [-0.25, -0.2) is 0 Å². The smallest absolute Gasteiger partial charge is 0.320 e. The zero-order valence-corrected chi connectivity index (χ0v) is 16.1. The zero-order valence-electron chi connectivity index (χ0n) is 12.9. The Morgan fingerprint density at radius 2 is 1.27 bits per heavy atom. The first-order valence-electron chi connectivity index (χ1n) is 7.79. The number of methoxy groups -OCH3 is 2. The monoisotopic (exact) mass is 436 g/mol. The number of carbonyl (C=O) groups is 2. The number of halogens is 2. The molecule has 6 heteroatoms. The summed E-state index contributed by atoms with van der Waals surface area (Å²) in [4.78, 5) is 23.7. The summed E-state index contributed by atoms with van der Waals surface area (Å²) in [5.41, 5.74) is -0.172. The van der Waals surface area contributed by atoms with Gasteiger partial charge in [-0.2, -0.15) is 0 Å². The lowest BCUT2D eigenvalue weighted by Crippen LogP contribution is -2.60. The molecule has 0 radical (unpaired) electrons. The van der Waals surface area contributed by atoms with E-state index in [-0.39, 0.29) is 32.4 Å². The lowest BCUT2D eigenvalue weighted by Gasteiger charge is -2.63. The van der Waals surface area contributed by atoms with Gasteiger partial charge in [-0.05, 0) is 61.2 Å². The van der Waals surface area contributed by atoms with Crippen molar-refractivity contribution in [1.82, 2.24) is 0 Å². The van der Waals surface area contributed by atoms with Crippen molar-refractivity contribution in [3.8, 4) is 0 Å². The van der Waals surface area contributed by atoms with E-state index < -0.39 is 0 Å². The van der Waals surface area contributed by atoms with Crippen molar-refractivity contribution < 1.29 is 19.1 Å². The number of ether oxygens (including phenoxy) is 2. The van der Waals surface area contributed by atoms with Gasteiger partial charge in [0.05, 0.1) is 14.2 Å². The summed E-state index contributed by atoms with van der Waals surface area (Å²) in [6.45, 7) is 0. The van der Waals surface area contributed by atoms with Gasteiger partial charge in [0.25, 0.3) is 0 Å². The third-order valence-corrected chi connectivity index (χ3v) is 8.73. The predicted octanol–water partition coefficient (Wildman–Crippen LogP) is 3.45. The third-order valence-electron chi connectivity index (χ3n) is 6.04. The average Bonchev–Trinajstić information content (AvgIpc) is 2.50. The normalized spacial score (nSPS) is 41.8. The van der Waals surface area contributed by atoms with E-state index in [9.17, 15) is 9.59 Å². The molecule has 4 rings (SSSR count). The van der Waals surface area contributed by atoms with E-state index in [2.05, 4.69) is 31.9 Å². The first-order valence-corrected chi connectivity index (χ1v) is 9.63. The lowest BCUT2D eigenvalue weighted by atomic mass is 9.43. The molecule has 0 heterocycles. The van der Waals surface area contributed by atoms with E-state index in [4.69, 9.17) is 9.47 Å². The summed E-state index contributed by atoms with van der Waals surface area (Å²) >= 11 is 7.23. The predicted molar refractivity (Wildman–Crippen MR) is 89.0 cm³/mol. The van der Waals surface area contributed by atoms with Gasteiger partial charge in [-0.3, -0.25) is 9.59 Å². The molecule has 0 aromatic carbocycles. The third kappa shape index (κ3) is 2.45. The second kappa shape index (κ2) is 5.76. The molecule has 0 aromatic rings. The first kappa shape index (κ1) is 16.7. The number of alkyl halides is 2. The summed E-state index contributed by atoms with van der Waals surface area (Å²) in [5.74, 6) is 0.800. The van der Waals surface area contributed by atoms with Crippen molar-refractivity contribution >= 4 is 43.8 Å². The molecular formula is C16H22Br2O4. The van der Waals surface area contributed by atoms with Crippen molar-refractivity contribution in [3.63, 3.8) is 0 Å². The molecule has 0 unspecified atom stereocenters. The fourth-order valence-corrected chi connectivity index (χ4v) is 7.15. The first-order chi connectivity index (χ1) is 10.4. The number of hydrogen-bond acceptors (Lipinski definition) is 4. The van der Waals surface area contributed by atoms with Crippen LogP contribution in [0.5, 0.6) is 0 Å². The maximum atomic E-state index is 12.1. The van der Waals surface area contributed by atoms with E-state index in [1.165, 1.54) is 20.6 Å². The minimum atomic E-state index is -0.285. The fourth-order valence-electron chi connectivity index (χ4n) is 5.71. The standard InChI is InChI=1S/C16H22Br2O4/c1-21-13(19)11(17)15-4-9-3-10(5-15)7-16(6-9,8-15)12(18)14(20)22-2/h9-12H,3-8H2,1-2H3/t9?,10?,11-,12-,15?,16?/m0/s1. The van der Waals surface area contributed by atoms with Crippen LogP contribution in [-0.4, -0.2) is 35.8 Å². The Bertz CT molecular complexity index is 439. The van der Waals surface area contributed by atoms with E-state index in [1.807, 2.05) is 0 Å². The van der Waals surface area contributed by atoms with Gasteiger partial charge in [0.15, 0.2) is 0 Å². The zero-order chi connectivity index (χ0) is 16.1. The van der Waals surface area contributed by atoms with E-state index in [0.717, 1.165) is 32.1 Å². The van der Waals surface area contributed by atoms with Crippen LogP contribution in [0.3, 0.4) is 0 Å². The van der Waals surface area contributed by atoms with Crippen LogP contribution in [0.2, 0.25) is 0 Å². The van der Waals surface area contributed by atoms with Gasteiger partial charge >= 0.3 is 11.9 Å². The summed E-state index contributed by atoms with van der Waals surface area (Å²) in [6.07, 6.45) is 6.32. The molecule has 0 spiro atoms. The highest BCUT2D eigenvalue weighted by molar-refractivity contribution is 9.10. The summed E-state index contributed by atoms with van der Waals surface area (Å²) in [5, 5.41) is 0. The van der Waals surface area contributed by atoms with E-state index >= 15 is 0 Å². The average molecular weight is 438 g/mol. The molecule has 2 atom stereocenters. The highest BCUT2D eigenvalue weighted by Gasteiger charge is 2.63. The minimum Gasteiger partial charge on any atom is -0.468 e. The SMILES string of the molecule is COC(=O)[C@H](Br)C12CC3CC(C1)CC([C@@H](Br)C(=O)OC)(C3)C2. The van der Waals surface area contributed by atoms with E-state index in [1.54, 1.807) is 0 Å². The lowest BCUT2D eigenvalue weighted by molar-refractivity contribution is -0.159. The topological polar surface area (TPSA) is 52.6 Å². The molecule has 4 nitrogen and oxygen atoms in total. The Morgan fingerprint density at radius 3 is 1.59 bits per heavy atom. The Labute approximate surface area is 147 Å². The maximum Gasteiger partial charge on any atom is 0.320 e. The van der Waals surface area contributed by atoms with Crippen LogP contribution in [-0.2, 0) is 19.1 Å². The highest BCUT2D eigenvalue weighted by atomic mass is 79.9. The molecule has 4 aliphatic rings. The number of hydrogen-bond donors (Lipinski definition) is 0. The molecule has 4 fully saturated rings. The quantitative estimate of drug-likeness (QED) is 0.499. The second-order valence-electron chi connectivity index (χ2n) is 7.46. The molecule has 0 aromatic heterocycles. The van der Waals surface area contributed by atoms with Crippen LogP contribution < -0.4 is 0 Å². The second-order valence-corrected chi connectivity index (χ2v) is 9.29. The Kier molecular flexibility index (Phi) is 4.39.